The Kier molecular flexibility index (Phi) is 4.79. The summed E-state index contributed by atoms with van der Waals surface area (Å²) in [6, 6.07) is 18.4. The summed E-state index contributed by atoms with van der Waals surface area (Å²) in [6.45, 7) is 0.725. The lowest BCUT2D eigenvalue weighted by molar-refractivity contribution is 0.232. The zero-order chi connectivity index (χ0) is 12.6. The van der Waals surface area contributed by atoms with E-state index in [9.17, 15) is 0 Å². The Morgan fingerprint density at radius 3 is 2.39 bits per heavy atom. The van der Waals surface area contributed by atoms with E-state index in [-0.39, 0.29) is 6.61 Å². The van der Waals surface area contributed by atoms with Crippen molar-refractivity contribution < 1.29 is 9.84 Å². The van der Waals surface area contributed by atoms with Crippen LogP contribution in [-0.4, -0.2) is 18.3 Å². The highest BCUT2D eigenvalue weighted by Gasteiger charge is 2.03. The maximum Gasteiger partial charge on any atom is 0.122 e. The first kappa shape index (κ1) is 12.7. The Hall–Kier alpha value is -1.80. The molecular weight excluding hydrogens is 224 g/mol. The molecule has 2 heteroatoms. The second-order valence-corrected chi connectivity index (χ2v) is 4.20. The lowest BCUT2D eigenvalue weighted by Crippen LogP contribution is -2.02. The molecule has 0 amide bonds. The molecule has 0 aromatic heterocycles. The number of para-hydroxylation sites is 1. The van der Waals surface area contributed by atoms with Gasteiger partial charge in [-0.05, 0) is 17.2 Å². The summed E-state index contributed by atoms with van der Waals surface area (Å²) in [5.74, 6) is 0.912. The van der Waals surface area contributed by atoms with E-state index in [1.54, 1.807) is 0 Å². The molecule has 0 saturated heterocycles. The highest BCUT2D eigenvalue weighted by molar-refractivity contribution is 5.37. The van der Waals surface area contributed by atoms with Gasteiger partial charge in [-0.25, -0.2) is 0 Å². The standard InChI is InChI=1S/C16H18O2/c17-11-6-12-18-16-10-5-4-9-15(16)13-14-7-2-1-3-8-14/h1-5,7-10,17H,6,11-13H2. The van der Waals surface area contributed by atoms with E-state index >= 15 is 0 Å². The van der Waals surface area contributed by atoms with Crippen molar-refractivity contribution in [2.24, 2.45) is 0 Å². The molecule has 0 heterocycles. The molecule has 18 heavy (non-hydrogen) atoms. The SMILES string of the molecule is OCCCOc1ccccc1Cc1ccccc1. The number of hydrogen-bond donors (Lipinski definition) is 1. The van der Waals surface area contributed by atoms with E-state index in [1.165, 1.54) is 11.1 Å². The summed E-state index contributed by atoms with van der Waals surface area (Å²) in [7, 11) is 0. The van der Waals surface area contributed by atoms with Crippen molar-refractivity contribution >= 4 is 0 Å². The average molecular weight is 242 g/mol. The van der Waals surface area contributed by atoms with Crippen LogP contribution in [0, 0.1) is 0 Å². The van der Waals surface area contributed by atoms with Gasteiger partial charge in [-0.1, -0.05) is 48.5 Å². The number of aliphatic hydroxyl groups excluding tert-OH is 1. The molecule has 0 unspecified atom stereocenters. The second kappa shape index (κ2) is 6.82. The molecule has 0 aliphatic heterocycles. The molecule has 0 radical (unpaired) electrons. The fraction of sp³-hybridized carbons (Fsp3) is 0.250. The van der Waals surface area contributed by atoms with Crippen LogP contribution in [0.15, 0.2) is 54.6 Å². The van der Waals surface area contributed by atoms with Crippen molar-refractivity contribution in [3.63, 3.8) is 0 Å². The minimum absolute atomic E-state index is 0.168. The molecule has 0 spiro atoms. The van der Waals surface area contributed by atoms with Gasteiger partial charge in [0.1, 0.15) is 5.75 Å². The minimum atomic E-state index is 0.168. The normalized spacial score (nSPS) is 10.3. The van der Waals surface area contributed by atoms with E-state index in [2.05, 4.69) is 18.2 Å². The third kappa shape index (κ3) is 3.60. The first-order valence-corrected chi connectivity index (χ1v) is 6.25. The molecule has 2 aromatic carbocycles. The third-order valence-corrected chi connectivity index (χ3v) is 2.77. The van der Waals surface area contributed by atoms with E-state index < -0.39 is 0 Å². The van der Waals surface area contributed by atoms with E-state index in [0.717, 1.165) is 12.2 Å². The number of hydrogen-bond acceptors (Lipinski definition) is 2. The van der Waals surface area contributed by atoms with Crippen LogP contribution in [0.25, 0.3) is 0 Å². The molecule has 2 nitrogen and oxygen atoms in total. The molecule has 0 fully saturated rings. The monoisotopic (exact) mass is 242 g/mol. The van der Waals surface area contributed by atoms with E-state index in [4.69, 9.17) is 9.84 Å². The number of ether oxygens (including phenoxy) is 1. The topological polar surface area (TPSA) is 29.5 Å². The summed E-state index contributed by atoms with van der Waals surface area (Å²) >= 11 is 0. The van der Waals surface area contributed by atoms with Crippen LogP contribution in [0.3, 0.4) is 0 Å². The molecule has 2 rings (SSSR count). The van der Waals surface area contributed by atoms with Crippen molar-refractivity contribution in [2.75, 3.05) is 13.2 Å². The fourth-order valence-electron chi connectivity index (χ4n) is 1.85. The van der Waals surface area contributed by atoms with Crippen LogP contribution in [-0.2, 0) is 6.42 Å². The Morgan fingerprint density at radius 1 is 0.889 bits per heavy atom. The largest absolute Gasteiger partial charge is 0.493 e. The summed E-state index contributed by atoms with van der Waals surface area (Å²) in [4.78, 5) is 0. The van der Waals surface area contributed by atoms with Crippen LogP contribution < -0.4 is 4.74 Å². The molecule has 1 N–H and O–H groups in total. The predicted molar refractivity (Wildman–Crippen MR) is 72.9 cm³/mol. The maximum atomic E-state index is 8.77. The molecule has 2 aromatic rings. The Bertz CT molecular complexity index is 466. The van der Waals surface area contributed by atoms with Gasteiger partial charge in [0.15, 0.2) is 0 Å². The van der Waals surface area contributed by atoms with Crippen LogP contribution in [0.2, 0.25) is 0 Å². The van der Waals surface area contributed by atoms with Gasteiger partial charge < -0.3 is 9.84 Å². The van der Waals surface area contributed by atoms with Crippen LogP contribution in [0.1, 0.15) is 17.5 Å². The quantitative estimate of drug-likeness (QED) is 0.789. The number of aliphatic hydroxyl groups is 1. The molecule has 0 saturated carbocycles. The maximum absolute atomic E-state index is 8.77. The van der Waals surface area contributed by atoms with Gasteiger partial charge in [0.2, 0.25) is 0 Å². The highest BCUT2D eigenvalue weighted by atomic mass is 16.5. The van der Waals surface area contributed by atoms with Crippen molar-refractivity contribution in [1.82, 2.24) is 0 Å². The minimum Gasteiger partial charge on any atom is -0.493 e. The molecule has 0 aliphatic carbocycles. The van der Waals surface area contributed by atoms with Gasteiger partial charge in [-0.2, -0.15) is 0 Å². The zero-order valence-corrected chi connectivity index (χ0v) is 10.4. The van der Waals surface area contributed by atoms with Gasteiger partial charge in [0, 0.05) is 19.4 Å². The van der Waals surface area contributed by atoms with Crippen molar-refractivity contribution in [2.45, 2.75) is 12.8 Å². The summed E-state index contributed by atoms with van der Waals surface area (Å²) in [5, 5.41) is 8.77. The highest BCUT2D eigenvalue weighted by Crippen LogP contribution is 2.21. The van der Waals surface area contributed by atoms with Gasteiger partial charge >= 0.3 is 0 Å². The van der Waals surface area contributed by atoms with Crippen molar-refractivity contribution in [3.05, 3.63) is 65.7 Å². The second-order valence-electron chi connectivity index (χ2n) is 4.20. The Balaban J connectivity index is 2.07. The zero-order valence-electron chi connectivity index (χ0n) is 10.4. The summed E-state index contributed by atoms with van der Waals surface area (Å²) in [6.07, 6.45) is 1.54. The Morgan fingerprint density at radius 2 is 1.61 bits per heavy atom. The molecule has 0 bridgehead atoms. The molecule has 0 aliphatic rings. The molecule has 94 valence electrons. The first-order chi connectivity index (χ1) is 8.90. The smallest absolute Gasteiger partial charge is 0.122 e. The van der Waals surface area contributed by atoms with Gasteiger partial charge in [0.25, 0.3) is 0 Å². The van der Waals surface area contributed by atoms with Crippen LogP contribution in [0.4, 0.5) is 0 Å². The van der Waals surface area contributed by atoms with E-state index in [0.29, 0.717) is 13.0 Å². The van der Waals surface area contributed by atoms with E-state index in [1.807, 2.05) is 36.4 Å². The van der Waals surface area contributed by atoms with Gasteiger partial charge in [0.05, 0.1) is 6.61 Å². The summed E-state index contributed by atoms with van der Waals surface area (Å²) < 4.78 is 5.69. The average Bonchev–Trinajstić information content (AvgIpc) is 2.42. The van der Waals surface area contributed by atoms with Crippen molar-refractivity contribution in [1.29, 1.82) is 0 Å². The summed E-state index contributed by atoms with van der Waals surface area (Å²) in [5.41, 5.74) is 2.46. The lowest BCUT2D eigenvalue weighted by atomic mass is 10.0. The van der Waals surface area contributed by atoms with Crippen LogP contribution >= 0.6 is 0 Å². The van der Waals surface area contributed by atoms with Gasteiger partial charge in [-0.3, -0.25) is 0 Å². The van der Waals surface area contributed by atoms with Crippen LogP contribution in [0.5, 0.6) is 5.75 Å². The fourth-order valence-corrected chi connectivity index (χ4v) is 1.85. The lowest BCUT2D eigenvalue weighted by Gasteiger charge is -2.11. The third-order valence-electron chi connectivity index (χ3n) is 2.77. The molecular formula is C16H18O2. The predicted octanol–water partition coefficient (Wildman–Crippen LogP) is 3.04. The van der Waals surface area contributed by atoms with Gasteiger partial charge in [-0.15, -0.1) is 0 Å². The number of benzene rings is 2. The van der Waals surface area contributed by atoms with Crippen molar-refractivity contribution in [3.8, 4) is 5.75 Å². The molecule has 0 atom stereocenters. The number of rotatable bonds is 6. The Labute approximate surface area is 108 Å². The first-order valence-electron chi connectivity index (χ1n) is 6.25.